The van der Waals surface area contributed by atoms with Crippen LogP contribution in [-0.4, -0.2) is 8.54 Å². The Morgan fingerprint density at radius 2 is 1.79 bits per heavy atom. The lowest BCUT2D eigenvalue weighted by molar-refractivity contribution is 0.414. The van der Waals surface area contributed by atoms with Gasteiger partial charge in [0.05, 0.1) is 8.54 Å². The van der Waals surface area contributed by atoms with Crippen LogP contribution in [0.3, 0.4) is 0 Å². The molecule has 0 fully saturated rings. The van der Waals surface area contributed by atoms with Crippen molar-refractivity contribution in [3.8, 4) is 5.75 Å². The number of hydrogen-bond acceptors (Lipinski definition) is 1. The second kappa shape index (κ2) is 5.53. The molecule has 1 rings (SSSR count). The molecule has 14 heavy (non-hydrogen) atoms. The van der Waals surface area contributed by atoms with Gasteiger partial charge in [0, 0.05) is 0 Å². The minimum absolute atomic E-state index is 0.357. The van der Waals surface area contributed by atoms with Crippen molar-refractivity contribution in [2.75, 3.05) is 7.11 Å². The van der Waals surface area contributed by atoms with Crippen molar-refractivity contribution in [1.82, 2.24) is 0 Å². The highest BCUT2D eigenvalue weighted by atomic mass is 127. The van der Waals surface area contributed by atoms with E-state index in [-0.39, 0.29) is 0 Å². The van der Waals surface area contributed by atoms with Crippen LogP contribution >= 0.6 is 45.2 Å². The van der Waals surface area contributed by atoms with Gasteiger partial charge in [-0.15, -0.1) is 0 Å². The van der Waals surface area contributed by atoms with E-state index in [9.17, 15) is 0 Å². The van der Waals surface area contributed by atoms with Gasteiger partial charge in [-0.3, -0.25) is 0 Å². The normalized spacial score (nSPS) is 11.4. The third-order valence-corrected chi connectivity index (χ3v) is 3.09. The lowest BCUT2D eigenvalue weighted by Gasteiger charge is -2.13. The molecule has 0 aliphatic rings. The lowest BCUT2D eigenvalue weighted by Crippen LogP contribution is -2.05. The van der Waals surface area contributed by atoms with E-state index in [1.54, 1.807) is 7.11 Å². The highest BCUT2D eigenvalue weighted by molar-refractivity contribution is 14.2. The fourth-order valence-corrected chi connectivity index (χ4v) is 1.70. The molecule has 0 saturated heterocycles. The first kappa shape index (κ1) is 12.5. The van der Waals surface area contributed by atoms with Crippen LogP contribution in [0.25, 0.3) is 0 Å². The van der Waals surface area contributed by atoms with E-state index >= 15 is 0 Å². The number of methoxy groups -OCH3 is 1. The first-order valence-electron chi connectivity index (χ1n) is 4.52. The largest absolute Gasteiger partial charge is 0.497 e. The second-order valence-electron chi connectivity index (χ2n) is 3.42. The minimum atomic E-state index is 0.357. The summed E-state index contributed by atoms with van der Waals surface area (Å²) in [4.78, 5) is 0. The highest BCUT2D eigenvalue weighted by Crippen LogP contribution is 2.31. The van der Waals surface area contributed by atoms with Crippen molar-refractivity contribution in [1.29, 1.82) is 0 Å². The molecule has 0 spiro atoms. The van der Waals surface area contributed by atoms with Crippen LogP contribution in [0.15, 0.2) is 24.3 Å². The van der Waals surface area contributed by atoms with Crippen molar-refractivity contribution in [2.24, 2.45) is 0 Å². The van der Waals surface area contributed by atoms with E-state index in [1.165, 1.54) is 12.0 Å². The first-order valence-corrected chi connectivity index (χ1v) is 6.68. The molecule has 1 aromatic rings. The maximum Gasteiger partial charge on any atom is 0.118 e. The molecule has 0 heterocycles. The Hall–Kier alpha value is 0.480. The number of alkyl halides is 2. The predicted molar refractivity (Wildman–Crippen MR) is 77.8 cm³/mol. The van der Waals surface area contributed by atoms with Gasteiger partial charge in [-0.05, 0) is 37.5 Å². The quantitative estimate of drug-likeness (QED) is 0.528. The fourth-order valence-electron chi connectivity index (χ4n) is 1.16. The Morgan fingerprint density at radius 3 is 2.21 bits per heavy atom. The summed E-state index contributed by atoms with van der Waals surface area (Å²) in [5.74, 6) is 0.931. The van der Waals surface area contributed by atoms with E-state index in [4.69, 9.17) is 4.74 Å². The van der Waals surface area contributed by atoms with Gasteiger partial charge in [0.15, 0.2) is 0 Å². The van der Waals surface area contributed by atoms with Gasteiger partial charge in [-0.1, -0.05) is 57.3 Å². The fraction of sp³-hybridized carbons (Fsp3) is 0.455. The molecular formula is C11H14I2O. The van der Waals surface area contributed by atoms with Crippen molar-refractivity contribution < 1.29 is 4.74 Å². The molecule has 0 N–H and O–H groups in total. The topological polar surface area (TPSA) is 9.23 Å². The average Bonchev–Trinajstić information content (AvgIpc) is 2.14. The van der Waals surface area contributed by atoms with Gasteiger partial charge in [-0.25, -0.2) is 0 Å². The third kappa shape index (κ3) is 4.82. The van der Waals surface area contributed by atoms with Crippen LogP contribution in [0.4, 0.5) is 0 Å². The Balaban J connectivity index is 2.52. The van der Waals surface area contributed by atoms with Crippen LogP contribution in [0.5, 0.6) is 5.75 Å². The summed E-state index contributed by atoms with van der Waals surface area (Å²) in [5.41, 5.74) is 1.38. The molecule has 0 radical (unpaired) electrons. The van der Waals surface area contributed by atoms with Crippen LogP contribution in [0, 0.1) is 0 Å². The van der Waals surface area contributed by atoms with Gasteiger partial charge in [-0.2, -0.15) is 0 Å². The maximum absolute atomic E-state index is 5.11. The van der Waals surface area contributed by atoms with E-state index < -0.39 is 0 Å². The number of benzene rings is 1. The van der Waals surface area contributed by atoms with Crippen LogP contribution in [-0.2, 0) is 6.42 Å². The molecule has 1 nitrogen and oxygen atoms in total. The Bertz CT molecular complexity index is 274. The van der Waals surface area contributed by atoms with Crippen LogP contribution in [0.1, 0.15) is 18.9 Å². The molecule has 0 aliphatic carbocycles. The summed E-state index contributed by atoms with van der Waals surface area (Å²) in [6, 6.07) is 8.32. The average molecular weight is 416 g/mol. The molecule has 0 aliphatic heterocycles. The Morgan fingerprint density at radius 1 is 1.21 bits per heavy atom. The smallest absolute Gasteiger partial charge is 0.118 e. The van der Waals surface area contributed by atoms with Gasteiger partial charge in [0.25, 0.3) is 0 Å². The maximum atomic E-state index is 5.11. The van der Waals surface area contributed by atoms with E-state index in [2.05, 4.69) is 64.2 Å². The van der Waals surface area contributed by atoms with E-state index in [1.807, 2.05) is 12.1 Å². The molecule has 78 valence electrons. The summed E-state index contributed by atoms with van der Waals surface area (Å²) < 4.78 is 5.47. The molecular weight excluding hydrogens is 402 g/mol. The number of hydrogen-bond donors (Lipinski definition) is 0. The van der Waals surface area contributed by atoms with Crippen molar-refractivity contribution in [2.45, 2.75) is 21.2 Å². The van der Waals surface area contributed by atoms with Crippen LogP contribution < -0.4 is 4.74 Å². The number of aryl methyl sites for hydroxylation is 1. The SMILES string of the molecule is COc1ccc(CCC(C)(I)I)cc1. The zero-order valence-corrected chi connectivity index (χ0v) is 12.7. The molecule has 1 aromatic carbocycles. The van der Waals surface area contributed by atoms with Gasteiger partial charge < -0.3 is 4.74 Å². The molecule has 0 amide bonds. The van der Waals surface area contributed by atoms with Crippen molar-refractivity contribution >= 4 is 45.2 Å². The summed E-state index contributed by atoms with van der Waals surface area (Å²) in [6.45, 7) is 2.25. The van der Waals surface area contributed by atoms with E-state index in [0.29, 0.717) is 1.43 Å². The van der Waals surface area contributed by atoms with Gasteiger partial charge in [0.1, 0.15) is 5.75 Å². The Kier molecular flexibility index (Phi) is 4.96. The highest BCUT2D eigenvalue weighted by Gasteiger charge is 2.13. The first-order chi connectivity index (χ1) is 6.51. The summed E-state index contributed by atoms with van der Waals surface area (Å²) >= 11 is 4.96. The molecule has 0 aromatic heterocycles. The molecule has 0 saturated carbocycles. The zero-order valence-electron chi connectivity index (χ0n) is 8.39. The summed E-state index contributed by atoms with van der Waals surface area (Å²) in [5, 5.41) is 0. The van der Waals surface area contributed by atoms with Gasteiger partial charge in [0.2, 0.25) is 0 Å². The molecule has 3 heteroatoms. The van der Waals surface area contributed by atoms with Gasteiger partial charge >= 0.3 is 0 Å². The molecule has 0 bridgehead atoms. The van der Waals surface area contributed by atoms with E-state index in [0.717, 1.165) is 12.2 Å². The van der Waals surface area contributed by atoms with Crippen LogP contribution in [0.2, 0.25) is 0 Å². The summed E-state index contributed by atoms with van der Waals surface area (Å²) in [7, 11) is 1.70. The number of halogens is 2. The number of ether oxygens (including phenoxy) is 1. The molecule has 0 atom stereocenters. The monoisotopic (exact) mass is 416 g/mol. The molecule has 0 unspecified atom stereocenters. The Labute approximate surface area is 113 Å². The van der Waals surface area contributed by atoms with Crippen molar-refractivity contribution in [3.63, 3.8) is 0 Å². The number of rotatable bonds is 4. The standard InChI is InChI=1S/C11H14I2O/c1-11(12,13)8-7-9-3-5-10(14-2)6-4-9/h3-6H,7-8H2,1-2H3. The van der Waals surface area contributed by atoms with Crippen molar-refractivity contribution in [3.05, 3.63) is 29.8 Å². The lowest BCUT2D eigenvalue weighted by atomic mass is 10.1. The zero-order chi connectivity index (χ0) is 10.6. The predicted octanol–water partition coefficient (Wildman–Crippen LogP) is 4.21. The third-order valence-electron chi connectivity index (χ3n) is 2.01. The second-order valence-corrected chi connectivity index (χ2v) is 10.2. The minimum Gasteiger partial charge on any atom is -0.497 e. The summed E-state index contributed by atoms with van der Waals surface area (Å²) in [6.07, 6.45) is 2.33.